The summed E-state index contributed by atoms with van der Waals surface area (Å²) in [6, 6.07) is 1.87. The van der Waals surface area contributed by atoms with E-state index in [0.717, 1.165) is 18.0 Å². The van der Waals surface area contributed by atoms with Gasteiger partial charge in [0.15, 0.2) is 0 Å². The number of nitrogens with zero attached hydrogens (tertiary/aromatic N) is 4. The number of carbonyl (C=O) groups excluding carboxylic acids is 1. The molecule has 0 atom stereocenters. The topological polar surface area (TPSA) is 72.7 Å². The Morgan fingerprint density at radius 2 is 2.41 bits per heavy atom. The van der Waals surface area contributed by atoms with Gasteiger partial charge in [0.1, 0.15) is 5.01 Å². The molecule has 0 aromatic carbocycles. The first-order valence-corrected chi connectivity index (χ1v) is 6.13. The van der Waals surface area contributed by atoms with Crippen molar-refractivity contribution in [2.24, 2.45) is 0 Å². The first-order valence-electron chi connectivity index (χ1n) is 5.31. The molecule has 0 unspecified atom stereocenters. The highest BCUT2D eigenvalue weighted by Gasteiger charge is 2.05. The van der Waals surface area contributed by atoms with Crippen LogP contribution in [0, 0.1) is 6.92 Å². The number of aromatic nitrogens is 4. The zero-order chi connectivity index (χ0) is 12.1. The first kappa shape index (κ1) is 11.7. The summed E-state index contributed by atoms with van der Waals surface area (Å²) in [5.74, 6) is -0.0340. The van der Waals surface area contributed by atoms with Gasteiger partial charge in [-0.3, -0.25) is 9.48 Å². The molecule has 2 aromatic heterocycles. The fraction of sp³-hybridized carbons (Fsp3) is 0.400. The summed E-state index contributed by atoms with van der Waals surface area (Å²) in [7, 11) is 0. The molecule has 17 heavy (non-hydrogen) atoms. The summed E-state index contributed by atoms with van der Waals surface area (Å²) in [5, 5.41) is 15.9. The smallest absolute Gasteiger partial charge is 0.226 e. The van der Waals surface area contributed by atoms with Crippen LogP contribution in [0.5, 0.6) is 0 Å². The summed E-state index contributed by atoms with van der Waals surface area (Å²) in [5.41, 5.74) is 0. The van der Waals surface area contributed by atoms with Crippen molar-refractivity contribution in [3.63, 3.8) is 0 Å². The van der Waals surface area contributed by atoms with Crippen LogP contribution in [0.15, 0.2) is 18.5 Å². The summed E-state index contributed by atoms with van der Waals surface area (Å²) in [6.45, 7) is 2.60. The fourth-order valence-corrected chi connectivity index (χ4v) is 1.97. The average molecular weight is 251 g/mol. The van der Waals surface area contributed by atoms with E-state index >= 15 is 0 Å². The summed E-state index contributed by atoms with van der Waals surface area (Å²) >= 11 is 1.38. The quantitative estimate of drug-likeness (QED) is 0.873. The molecule has 0 saturated heterocycles. The minimum atomic E-state index is -0.0340. The zero-order valence-corrected chi connectivity index (χ0v) is 10.3. The predicted octanol–water partition coefficient (Wildman–Crippen LogP) is 1.46. The minimum absolute atomic E-state index is 0.0340. The Hall–Kier alpha value is -1.76. The number of hydrogen-bond acceptors (Lipinski definition) is 5. The van der Waals surface area contributed by atoms with E-state index < -0.39 is 0 Å². The normalized spacial score (nSPS) is 10.4. The maximum absolute atomic E-state index is 11.5. The van der Waals surface area contributed by atoms with Crippen LogP contribution in [-0.4, -0.2) is 25.9 Å². The number of anilines is 1. The van der Waals surface area contributed by atoms with Gasteiger partial charge in [-0.2, -0.15) is 5.10 Å². The van der Waals surface area contributed by atoms with Crippen LogP contribution in [0.1, 0.15) is 17.8 Å². The lowest BCUT2D eigenvalue weighted by Gasteiger charge is -2.01. The van der Waals surface area contributed by atoms with Crippen LogP contribution in [-0.2, 0) is 11.3 Å². The van der Waals surface area contributed by atoms with Gasteiger partial charge in [0.2, 0.25) is 11.0 Å². The van der Waals surface area contributed by atoms with Gasteiger partial charge in [0.05, 0.1) is 0 Å². The fourth-order valence-electron chi connectivity index (χ4n) is 1.36. The van der Waals surface area contributed by atoms with E-state index in [2.05, 4.69) is 20.6 Å². The zero-order valence-electron chi connectivity index (χ0n) is 9.46. The van der Waals surface area contributed by atoms with E-state index in [1.54, 1.807) is 6.20 Å². The molecule has 0 radical (unpaired) electrons. The van der Waals surface area contributed by atoms with Crippen molar-refractivity contribution >= 4 is 22.4 Å². The molecule has 90 valence electrons. The number of nitrogens with one attached hydrogen (secondary N) is 1. The Kier molecular flexibility index (Phi) is 3.81. The first-order chi connectivity index (χ1) is 8.24. The molecule has 7 heteroatoms. The van der Waals surface area contributed by atoms with Gasteiger partial charge in [0.25, 0.3) is 0 Å². The molecule has 2 rings (SSSR count). The number of aryl methyl sites for hydroxylation is 2. The lowest BCUT2D eigenvalue weighted by atomic mass is 10.3. The molecule has 0 aliphatic carbocycles. The second-order valence-corrected chi connectivity index (χ2v) is 4.73. The van der Waals surface area contributed by atoms with Crippen LogP contribution < -0.4 is 5.32 Å². The SMILES string of the molecule is Cc1nnc(NC(=O)CCCn2cccn2)s1. The second kappa shape index (κ2) is 5.53. The van der Waals surface area contributed by atoms with E-state index in [1.807, 2.05) is 23.9 Å². The van der Waals surface area contributed by atoms with Crippen LogP contribution in [0.3, 0.4) is 0 Å². The highest BCUT2D eigenvalue weighted by Crippen LogP contribution is 2.13. The van der Waals surface area contributed by atoms with Crippen molar-refractivity contribution in [3.8, 4) is 0 Å². The average Bonchev–Trinajstić information content (AvgIpc) is 2.90. The Balaban J connectivity index is 1.71. The Morgan fingerprint density at radius 1 is 1.53 bits per heavy atom. The molecule has 0 aliphatic rings. The maximum Gasteiger partial charge on any atom is 0.226 e. The number of rotatable bonds is 5. The van der Waals surface area contributed by atoms with Crippen molar-refractivity contribution in [2.45, 2.75) is 26.3 Å². The molecular weight excluding hydrogens is 238 g/mol. The number of carbonyl (C=O) groups is 1. The van der Waals surface area contributed by atoms with E-state index in [4.69, 9.17) is 0 Å². The number of amides is 1. The molecule has 0 aliphatic heterocycles. The van der Waals surface area contributed by atoms with Crippen LogP contribution in [0.25, 0.3) is 0 Å². The molecule has 1 N–H and O–H groups in total. The van der Waals surface area contributed by atoms with Gasteiger partial charge in [-0.1, -0.05) is 11.3 Å². The standard InChI is InChI=1S/C10H13N5OS/c1-8-13-14-10(17-8)12-9(16)4-2-6-15-7-3-5-11-15/h3,5,7H,2,4,6H2,1H3,(H,12,14,16). The maximum atomic E-state index is 11.5. The molecule has 6 nitrogen and oxygen atoms in total. The van der Waals surface area contributed by atoms with E-state index in [1.165, 1.54) is 11.3 Å². The van der Waals surface area contributed by atoms with Crippen LogP contribution in [0.4, 0.5) is 5.13 Å². The molecule has 1 amide bonds. The lowest BCUT2D eigenvalue weighted by molar-refractivity contribution is -0.116. The molecule has 2 aromatic rings. The molecule has 0 spiro atoms. The predicted molar refractivity (Wildman–Crippen MR) is 64.7 cm³/mol. The Bertz CT molecular complexity index is 479. The largest absolute Gasteiger partial charge is 0.301 e. The minimum Gasteiger partial charge on any atom is -0.301 e. The van der Waals surface area contributed by atoms with E-state index in [9.17, 15) is 4.79 Å². The van der Waals surface area contributed by atoms with Gasteiger partial charge in [-0.15, -0.1) is 10.2 Å². The third kappa shape index (κ3) is 3.63. The van der Waals surface area contributed by atoms with Crippen molar-refractivity contribution in [1.82, 2.24) is 20.0 Å². The van der Waals surface area contributed by atoms with Gasteiger partial charge >= 0.3 is 0 Å². The van der Waals surface area contributed by atoms with E-state index in [0.29, 0.717) is 11.6 Å². The molecule has 0 saturated carbocycles. The summed E-state index contributed by atoms with van der Waals surface area (Å²) in [4.78, 5) is 11.5. The van der Waals surface area contributed by atoms with E-state index in [-0.39, 0.29) is 5.91 Å². The van der Waals surface area contributed by atoms with Crippen molar-refractivity contribution in [1.29, 1.82) is 0 Å². The summed E-state index contributed by atoms with van der Waals surface area (Å²) < 4.78 is 1.81. The third-order valence-corrected chi connectivity index (χ3v) is 2.88. The Labute approximate surface area is 103 Å². The Morgan fingerprint density at radius 3 is 3.06 bits per heavy atom. The highest BCUT2D eigenvalue weighted by molar-refractivity contribution is 7.15. The van der Waals surface area contributed by atoms with Gasteiger partial charge < -0.3 is 5.32 Å². The second-order valence-electron chi connectivity index (χ2n) is 3.55. The van der Waals surface area contributed by atoms with Crippen LogP contribution >= 0.6 is 11.3 Å². The van der Waals surface area contributed by atoms with Gasteiger partial charge in [-0.05, 0) is 19.4 Å². The third-order valence-electron chi connectivity index (χ3n) is 2.12. The van der Waals surface area contributed by atoms with Crippen molar-refractivity contribution in [3.05, 3.63) is 23.5 Å². The molecule has 0 fully saturated rings. The van der Waals surface area contributed by atoms with Crippen molar-refractivity contribution in [2.75, 3.05) is 5.32 Å². The molecule has 0 bridgehead atoms. The van der Waals surface area contributed by atoms with Gasteiger partial charge in [0, 0.05) is 25.4 Å². The number of hydrogen-bond donors (Lipinski definition) is 1. The van der Waals surface area contributed by atoms with Gasteiger partial charge in [-0.25, -0.2) is 0 Å². The monoisotopic (exact) mass is 251 g/mol. The van der Waals surface area contributed by atoms with Crippen molar-refractivity contribution < 1.29 is 4.79 Å². The van der Waals surface area contributed by atoms with Crippen LogP contribution in [0.2, 0.25) is 0 Å². The molecule has 2 heterocycles. The highest BCUT2D eigenvalue weighted by atomic mass is 32.1. The molecular formula is C10H13N5OS. The lowest BCUT2D eigenvalue weighted by Crippen LogP contribution is -2.12. The summed E-state index contributed by atoms with van der Waals surface area (Å²) in [6.07, 6.45) is 4.82.